The molecule has 1 saturated carbocycles. The van der Waals surface area contributed by atoms with Crippen LogP contribution in [0.1, 0.15) is 64.0 Å². The second-order valence-electron chi connectivity index (χ2n) is 8.75. The molecule has 0 spiro atoms. The Balaban J connectivity index is 1.82. The van der Waals surface area contributed by atoms with Crippen molar-refractivity contribution in [3.05, 3.63) is 99.5 Å². The highest BCUT2D eigenvalue weighted by Gasteiger charge is 2.23. The van der Waals surface area contributed by atoms with E-state index in [1.807, 2.05) is 32.9 Å². The average molecular weight is 478 g/mol. The molecule has 4 N–H and O–H groups in total. The number of hydrogen-bond acceptors (Lipinski definition) is 5. The number of nitrogens with zero attached hydrogens (tertiary/aromatic N) is 1. The lowest BCUT2D eigenvalue weighted by Gasteiger charge is -2.19. The molecular weight excluding hydrogens is 441 g/mol. The highest BCUT2D eigenvalue weighted by Crippen LogP contribution is 2.34. The van der Waals surface area contributed by atoms with E-state index in [9.17, 15) is 5.11 Å². The summed E-state index contributed by atoms with van der Waals surface area (Å²) in [6.07, 6.45) is 11.5. The Morgan fingerprint density at radius 3 is 2.71 bits per heavy atom. The van der Waals surface area contributed by atoms with E-state index in [4.69, 9.17) is 10.5 Å². The number of ether oxygens (including phenoxy) is 1. The quantitative estimate of drug-likeness (QED) is 0.272. The van der Waals surface area contributed by atoms with E-state index in [1.165, 1.54) is 0 Å². The van der Waals surface area contributed by atoms with Crippen LogP contribution in [-0.4, -0.2) is 17.9 Å². The van der Waals surface area contributed by atoms with Crippen LogP contribution in [-0.2, 0) is 11.3 Å². The van der Waals surface area contributed by atoms with Gasteiger partial charge in [0.25, 0.3) is 0 Å². The first-order chi connectivity index (χ1) is 16.9. The van der Waals surface area contributed by atoms with Crippen molar-refractivity contribution in [2.24, 2.45) is 10.7 Å². The van der Waals surface area contributed by atoms with E-state index in [-0.39, 0.29) is 17.1 Å². The van der Waals surface area contributed by atoms with Crippen LogP contribution >= 0.6 is 0 Å². The number of aliphatic imine (C=N–C) groups is 1. The maximum atomic E-state index is 15.1. The minimum absolute atomic E-state index is 0.0912. The van der Waals surface area contributed by atoms with E-state index in [1.54, 1.807) is 30.5 Å². The molecule has 2 fully saturated rings. The van der Waals surface area contributed by atoms with E-state index in [0.717, 1.165) is 65.9 Å². The lowest BCUT2D eigenvalue weighted by Crippen LogP contribution is -2.15. The number of aliphatic hydroxyl groups excluding tert-OH is 1. The minimum atomic E-state index is -0.380. The van der Waals surface area contributed by atoms with Crippen molar-refractivity contribution in [1.29, 1.82) is 0 Å². The van der Waals surface area contributed by atoms with Crippen molar-refractivity contribution in [2.75, 3.05) is 6.61 Å². The molecule has 1 saturated heterocycles. The van der Waals surface area contributed by atoms with Gasteiger partial charge in [0.2, 0.25) is 0 Å². The van der Waals surface area contributed by atoms with Crippen molar-refractivity contribution in [3.8, 4) is 0 Å². The number of nitrogens with one attached hydrogen (secondary N) is 1. The van der Waals surface area contributed by atoms with Gasteiger partial charge in [0.15, 0.2) is 0 Å². The molecule has 1 aromatic carbocycles. The Labute approximate surface area is 208 Å². The lowest BCUT2D eigenvalue weighted by molar-refractivity contribution is 0.263. The Bertz CT molecular complexity index is 1150. The normalized spacial score (nSPS) is 19.4. The maximum absolute atomic E-state index is 15.1. The van der Waals surface area contributed by atoms with E-state index in [2.05, 4.69) is 16.9 Å². The van der Waals surface area contributed by atoms with Crippen molar-refractivity contribution in [3.63, 3.8) is 0 Å². The van der Waals surface area contributed by atoms with Crippen LogP contribution in [0.25, 0.3) is 5.76 Å². The highest BCUT2D eigenvalue weighted by atomic mass is 19.1. The van der Waals surface area contributed by atoms with Crippen molar-refractivity contribution < 1.29 is 14.2 Å². The third kappa shape index (κ3) is 6.32. The highest BCUT2D eigenvalue weighted by molar-refractivity contribution is 5.75. The molecule has 2 aliphatic rings. The zero-order valence-electron chi connectivity index (χ0n) is 21.0. The molecule has 0 unspecified atom stereocenters. The van der Waals surface area contributed by atoms with Gasteiger partial charge in [0.1, 0.15) is 23.2 Å². The molecule has 0 aromatic heterocycles. The van der Waals surface area contributed by atoms with E-state index < -0.39 is 0 Å². The van der Waals surface area contributed by atoms with Gasteiger partial charge >= 0.3 is 0 Å². The molecule has 186 valence electrons. The first-order valence-electron chi connectivity index (χ1n) is 12.2. The average Bonchev–Trinajstić information content (AvgIpc) is 3.27. The molecule has 1 aromatic rings. The number of hydrogen-bond donors (Lipinski definition) is 3. The number of aliphatic hydroxyl groups is 1. The van der Waals surface area contributed by atoms with Gasteiger partial charge < -0.3 is 20.9 Å². The SMILES string of the molecule is C=CC(=C1/OCC/C1=C(/C)NCc1cccc(C(O)=C2CCC2)c1F)/C(C)=C/C=N/C(N)=C/CC. The number of allylic oxidation sites excluding steroid dienone is 8. The molecule has 35 heavy (non-hydrogen) atoms. The Morgan fingerprint density at radius 1 is 1.29 bits per heavy atom. The predicted molar refractivity (Wildman–Crippen MR) is 142 cm³/mol. The first kappa shape index (κ1) is 26.1. The number of rotatable bonds is 9. The first-order valence-corrected chi connectivity index (χ1v) is 12.2. The van der Waals surface area contributed by atoms with E-state index in [0.29, 0.717) is 24.5 Å². The van der Waals surface area contributed by atoms with Crippen molar-refractivity contribution in [1.82, 2.24) is 5.32 Å². The lowest BCUT2D eigenvalue weighted by atomic mass is 9.89. The fourth-order valence-electron chi connectivity index (χ4n) is 4.09. The number of nitrogens with two attached hydrogens (primary N) is 1. The van der Waals surface area contributed by atoms with Gasteiger partial charge in [-0.05, 0) is 68.9 Å². The minimum Gasteiger partial charge on any atom is -0.507 e. The third-order valence-corrected chi connectivity index (χ3v) is 6.33. The fourth-order valence-corrected chi connectivity index (χ4v) is 4.09. The van der Waals surface area contributed by atoms with Crippen LogP contribution in [0.5, 0.6) is 0 Å². The summed E-state index contributed by atoms with van der Waals surface area (Å²) in [5.74, 6) is 0.962. The Kier molecular flexibility index (Phi) is 9.12. The summed E-state index contributed by atoms with van der Waals surface area (Å²) in [5, 5.41) is 13.8. The van der Waals surface area contributed by atoms with Crippen molar-refractivity contribution in [2.45, 2.75) is 59.4 Å². The maximum Gasteiger partial charge on any atom is 0.139 e. The van der Waals surface area contributed by atoms with Crippen LogP contribution in [0, 0.1) is 5.82 Å². The Morgan fingerprint density at radius 2 is 2.06 bits per heavy atom. The van der Waals surface area contributed by atoms with Crippen LogP contribution in [0.15, 0.2) is 87.6 Å². The largest absolute Gasteiger partial charge is 0.507 e. The molecule has 3 rings (SSSR count). The van der Waals surface area contributed by atoms with Gasteiger partial charge in [-0.3, -0.25) is 0 Å². The third-order valence-electron chi connectivity index (χ3n) is 6.33. The number of halogens is 1. The predicted octanol–water partition coefficient (Wildman–Crippen LogP) is 6.73. The van der Waals surface area contributed by atoms with Crippen molar-refractivity contribution >= 4 is 12.0 Å². The van der Waals surface area contributed by atoms with Gasteiger partial charge in [0.05, 0.1) is 12.2 Å². The molecule has 0 amide bonds. The molecule has 6 heteroatoms. The summed E-state index contributed by atoms with van der Waals surface area (Å²) >= 11 is 0. The van der Waals surface area contributed by atoms with Crippen LogP contribution in [0.4, 0.5) is 4.39 Å². The summed E-state index contributed by atoms with van der Waals surface area (Å²) in [6, 6.07) is 5.16. The summed E-state index contributed by atoms with van der Waals surface area (Å²) in [5.41, 5.74) is 11.3. The molecule has 0 atom stereocenters. The molecular formula is C29H36FN3O2. The second-order valence-corrected chi connectivity index (χ2v) is 8.75. The van der Waals surface area contributed by atoms with Gasteiger partial charge in [-0.15, -0.1) is 0 Å². The monoisotopic (exact) mass is 477 g/mol. The summed E-state index contributed by atoms with van der Waals surface area (Å²) in [7, 11) is 0. The van der Waals surface area contributed by atoms with Crippen LogP contribution in [0.3, 0.4) is 0 Å². The summed E-state index contributed by atoms with van der Waals surface area (Å²) in [4.78, 5) is 4.22. The van der Waals surface area contributed by atoms with Gasteiger partial charge in [0, 0.05) is 41.6 Å². The second kappa shape index (κ2) is 12.2. The van der Waals surface area contributed by atoms with E-state index >= 15 is 4.39 Å². The smallest absolute Gasteiger partial charge is 0.139 e. The standard InChI is InChI=1S/C29H36FN3O2/c1-5-9-26(31)32-16-14-19(3)23(6-2)29-24(15-17-35-29)20(4)33-18-22-12-8-13-25(27(22)30)28(34)21-10-7-11-21/h6,8-9,12-14,16,33-34H,2,5,7,10-11,15,17-18,31H2,1,3-4H3/b19-14+,24-20+,26-9+,29-23-,32-16+. The summed E-state index contributed by atoms with van der Waals surface area (Å²) < 4.78 is 21.1. The molecule has 0 radical (unpaired) electrons. The van der Waals surface area contributed by atoms with Gasteiger partial charge in [-0.25, -0.2) is 9.38 Å². The molecule has 1 heterocycles. The van der Waals surface area contributed by atoms with Gasteiger partial charge in [-0.1, -0.05) is 31.7 Å². The molecule has 0 bridgehead atoms. The topological polar surface area (TPSA) is 79.9 Å². The molecule has 1 aliphatic carbocycles. The number of benzene rings is 1. The van der Waals surface area contributed by atoms with Crippen LogP contribution in [0.2, 0.25) is 0 Å². The fraction of sp³-hybridized carbons (Fsp3) is 0.345. The molecule has 1 aliphatic heterocycles. The summed E-state index contributed by atoms with van der Waals surface area (Å²) in [6.45, 7) is 10.8. The Hall–Kier alpha value is -3.54. The van der Waals surface area contributed by atoms with Crippen LogP contribution < -0.4 is 11.1 Å². The molecule has 5 nitrogen and oxygen atoms in total. The zero-order valence-corrected chi connectivity index (χ0v) is 21.0. The van der Waals surface area contributed by atoms with Gasteiger partial charge in [-0.2, -0.15) is 0 Å². The zero-order chi connectivity index (χ0) is 25.4.